The summed E-state index contributed by atoms with van der Waals surface area (Å²) in [5, 5.41) is 3.72. The topological polar surface area (TPSA) is 91.5 Å². The molecule has 1 fully saturated rings. The predicted molar refractivity (Wildman–Crippen MR) is 99.4 cm³/mol. The van der Waals surface area contributed by atoms with Crippen LogP contribution in [0.2, 0.25) is 0 Å². The van der Waals surface area contributed by atoms with Gasteiger partial charge in [0, 0.05) is 24.2 Å². The summed E-state index contributed by atoms with van der Waals surface area (Å²) in [4.78, 5) is 41.0. The summed E-state index contributed by atoms with van der Waals surface area (Å²) < 4.78 is 5.26. The lowest BCUT2D eigenvalue weighted by Crippen LogP contribution is -2.51. The molecule has 2 aromatic rings. The van der Waals surface area contributed by atoms with Gasteiger partial charge in [0.1, 0.15) is 0 Å². The van der Waals surface area contributed by atoms with Crippen LogP contribution in [0.25, 0.3) is 10.9 Å². The van der Waals surface area contributed by atoms with Gasteiger partial charge in [0.05, 0.1) is 17.6 Å². The van der Waals surface area contributed by atoms with Gasteiger partial charge in [-0.15, -0.1) is 0 Å². The fourth-order valence-electron chi connectivity index (χ4n) is 3.93. The molecule has 1 saturated heterocycles. The van der Waals surface area contributed by atoms with Gasteiger partial charge in [-0.2, -0.15) is 0 Å². The first kappa shape index (κ1) is 17.6. The van der Waals surface area contributed by atoms with Gasteiger partial charge in [0.15, 0.2) is 6.61 Å². The highest BCUT2D eigenvalue weighted by molar-refractivity contribution is 6.05. The number of benzene rings is 1. The molecule has 2 heterocycles. The number of aromatic nitrogens is 1. The molecule has 2 N–H and O–H groups in total. The van der Waals surface area contributed by atoms with Crippen molar-refractivity contribution in [3.05, 3.63) is 35.0 Å². The number of ether oxygens (including phenoxy) is 1. The maximum Gasteiger partial charge on any atom is 0.340 e. The molecule has 1 aliphatic carbocycles. The van der Waals surface area contributed by atoms with Gasteiger partial charge < -0.3 is 19.9 Å². The number of H-pyrrole nitrogens is 1. The second-order valence-corrected chi connectivity index (χ2v) is 7.40. The predicted octanol–water partition coefficient (Wildman–Crippen LogP) is 1.41. The van der Waals surface area contributed by atoms with Crippen LogP contribution >= 0.6 is 0 Å². The van der Waals surface area contributed by atoms with Crippen LogP contribution in [-0.4, -0.2) is 53.9 Å². The van der Waals surface area contributed by atoms with E-state index < -0.39 is 5.97 Å². The van der Waals surface area contributed by atoms with E-state index in [2.05, 4.69) is 17.2 Å². The summed E-state index contributed by atoms with van der Waals surface area (Å²) in [5.74, 6) is -0.449. The van der Waals surface area contributed by atoms with E-state index in [1.807, 2.05) is 12.1 Å². The van der Waals surface area contributed by atoms with Crippen LogP contribution in [0.5, 0.6) is 0 Å². The summed E-state index contributed by atoms with van der Waals surface area (Å²) in [7, 11) is 0. The van der Waals surface area contributed by atoms with Crippen LogP contribution in [0.4, 0.5) is 0 Å². The van der Waals surface area contributed by atoms with E-state index in [0.29, 0.717) is 24.6 Å². The molecule has 1 atom stereocenters. The molecule has 7 heteroatoms. The van der Waals surface area contributed by atoms with Gasteiger partial charge in [0.25, 0.3) is 5.91 Å². The number of aryl methyl sites for hydroxylation is 1. The summed E-state index contributed by atoms with van der Waals surface area (Å²) in [6.07, 6.45) is 3.12. The normalized spacial score (nSPS) is 19.5. The summed E-state index contributed by atoms with van der Waals surface area (Å²) in [5.41, 5.74) is 3.71. The van der Waals surface area contributed by atoms with Crippen molar-refractivity contribution >= 4 is 28.7 Å². The number of carbonyl (C=O) groups excluding carboxylic acids is 3. The third kappa shape index (κ3) is 3.41. The molecule has 0 unspecified atom stereocenters. The van der Waals surface area contributed by atoms with E-state index in [9.17, 15) is 14.4 Å². The number of hydrogen-bond acceptors (Lipinski definition) is 4. The maximum atomic E-state index is 12.6. The first-order chi connectivity index (χ1) is 13.0. The lowest BCUT2D eigenvalue weighted by Gasteiger charge is -2.26. The maximum absolute atomic E-state index is 12.6. The molecular weight excluding hydrogens is 346 g/mol. The zero-order valence-electron chi connectivity index (χ0n) is 15.3. The average Bonchev–Trinajstić information content (AvgIpc) is 3.03. The number of carbonyl (C=O) groups is 3. The Morgan fingerprint density at radius 3 is 3.00 bits per heavy atom. The lowest BCUT2D eigenvalue weighted by molar-refractivity contribution is -0.140. The number of piperazine rings is 1. The molecule has 1 aromatic heterocycles. The van der Waals surface area contributed by atoms with Crippen LogP contribution in [0.3, 0.4) is 0 Å². The van der Waals surface area contributed by atoms with E-state index in [4.69, 9.17) is 4.74 Å². The number of nitrogens with one attached hydrogen (secondary N) is 2. The number of aromatic amines is 1. The van der Waals surface area contributed by atoms with Gasteiger partial charge in [-0.1, -0.05) is 19.1 Å². The molecule has 1 aliphatic heterocycles. The van der Waals surface area contributed by atoms with Crippen LogP contribution < -0.4 is 5.32 Å². The highest BCUT2D eigenvalue weighted by atomic mass is 16.5. The second kappa shape index (κ2) is 7.06. The van der Waals surface area contributed by atoms with Crippen LogP contribution in [-0.2, 0) is 27.2 Å². The fraction of sp³-hybridized carbons (Fsp3) is 0.450. The third-order valence-corrected chi connectivity index (χ3v) is 5.41. The molecular formula is C20H23N3O4. The van der Waals surface area contributed by atoms with E-state index in [-0.39, 0.29) is 25.0 Å². The van der Waals surface area contributed by atoms with Crippen molar-refractivity contribution < 1.29 is 19.1 Å². The summed E-state index contributed by atoms with van der Waals surface area (Å²) in [6.45, 7) is 2.74. The van der Waals surface area contributed by atoms with E-state index >= 15 is 0 Å². The summed E-state index contributed by atoms with van der Waals surface area (Å²) in [6, 6.07) is 5.59. The number of esters is 1. The Labute approximate surface area is 157 Å². The van der Waals surface area contributed by atoms with Crippen LogP contribution in [0.1, 0.15) is 35.0 Å². The van der Waals surface area contributed by atoms with Gasteiger partial charge >= 0.3 is 5.97 Å². The first-order valence-corrected chi connectivity index (χ1v) is 9.37. The number of rotatable bonds is 3. The Morgan fingerprint density at radius 2 is 2.19 bits per heavy atom. The fourth-order valence-corrected chi connectivity index (χ4v) is 3.93. The van der Waals surface area contributed by atoms with Crippen molar-refractivity contribution in [3.8, 4) is 0 Å². The van der Waals surface area contributed by atoms with Crippen molar-refractivity contribution in [2.45, 2.75) is 26.2 Å². The quantitative estimate of drug-likeness (QED) is 0.800. The first-order valence-electron chi connectivity index (χ1n) is 9.37. The second-order valence-electron chi connectivity index (χ2n) is 7.40. The van der Waals surface area contributed by atoms with E-state index in [1.54, 1.807) is 6.07 Å². The van der Waals surface area contributed by atoms with Crippen molar-refractivity contribution in [2.24, 2.45) is 5.92 Å². The monoisotopic (exact) mass is 369 g/mol. The minimum absolute atomic E-state index is 0.00744. The molecule has 0 bridgehead atoms. The molecule has 4 rings (SSSR count). The molecule has 1 aromatic carbocycles. The smallest absolute Gasteiger partial charge is 0.340 e. The number of para-hydroxylation sites is 1. The Morgan fingerprint density at radius 1 is 1.33 bits per heavy atom. The van der Waals surface area contributed by atoms with Gasteiger partial charge in [0.2, 0.25) is 5.91 Å². The van der Waals surface area contributed by atoms with Gasteiger partial charge in [-0.3, -0.25) is 9.59 Å². The molecule has 2 aliphatic rings. The molecule has 2 amide bonds. The molecule has 7 nitrogen and oxygen atoms in total. The van der Waals surface area contributed by atoms with Crippen LogP contribution in [0.15, 0.2) is 18.2 Å². The highest BCUT2D eigenvalue weighted by Gasteiger charge is 2.25. The van der Waals surface area contributed by atoms with Gasteiger partial charge in [-0.25, -0.2) is 4.79 Å². The Balaban J connectivity index is 1.50. The molecule has 0 radical (unpaired) electrons. The zero-order chi connectivity index (χ0) is 19.0. The minimum Gasteiger partial charge on any atom is -0.452 e. The minimum atomic E-state index is -0.526. The van der Waals surface area contributed by atoms with E-state index in [1.165, 1.54) is 16.2 Å². The number of amides is 2. The highest BCUT2D eigenvalue weighted by Crippen LogP contribution is 2.33. The lowest BCUT2D eigenvalue weighted by atomic mass is 9.87. The van der Waals surface area contributed by atoms with Crippen molar-refractivity contribution in [3.63, 3.8) is 0 Å². The zero-order valence-corrected chi connectivity index (χ0v) is 15.3. The Hall–Kier alpha value is -2.83. The third-order valence-electron chi connectivity index (χ3n) is 5.41. The molecule has 0 saturated carbocycles. The van der Waals surface area contributed by atoms with E-state index in [0.717, 1.165) is 30.2 Å². The van der Waals surface area contributed by atoms with Crippen LogP contribution in [0, 0.1) is 5.92 Å². The van der Waals surface area contributed by atoms with Gasteiger partial charge in [-0.05, 0) is 36.8 Å². The SMILES string of the molecule is C[C@H]1CCc2[nH]c3c(C(=O)OCC(=O)N4CCNC(=O)C4)cccc3c2C1. The molecule has 0 spiro atoms. The van der Waals surface area contributed by atoms with Crippen molar-refractivity contribution in [1.29, 1.82) is 0 Å². The average molecular weight is 369 g/mol. The number of nitrogens with zero attached hydrogens (tertiary/aromatic N) is 1. The Kier molecular flexibility index (Phi) is 4.59. The molecule has 142 valence electrons. The Bertz CT molecular complexity index is 917. The largest absolute Gasteiger partial charge is 0.452 e. The summed E-state index contributed by atoms with van der Waals surface area (Å²) >= 11 is 0. The molecule has 27 heavy (non-hydrogen) atoms. The standard InChI is InChI=1S/C20H23N3O4/c1-12-5-6-16-15(9-12)13-3-2-4-14(19(13)22-16)20(26)27-11-18(25)23-8-7-21-17(24)10-23/h2-4,12,22H,5-11H2,1H3,(H,21,24)/t12-/m0/s1. The number of fused-ring (bicyclic) bond motifs is 3. The number of hydrogen-bond donors (Lipinski definition) is 2. The van der Waals surface area contributed by atoms with Crippen molar-refractivity contribution in [2.75, 3.05) is 26.2 Å². The van der Waals surface area contributed by atoms with Crippen molar-refractivity contribution in [1.82, 2.24) is 15.2 Å².